The van der Waals surface area contributed by atoms with Crippen LogP contribution in [0.1, 0.15) is 62.3 Å². The number of hydrogen-bond acceptors (Lipinski definition) is 17. The predicted molar refractivity (Wildman–Crippen MR) is 164 cm³/mol. The largest absolute Gasteiger partial charge is 0.470 e. The van der Waals surface area contributed by atoms with Crippen LogP contribution in [0.25, 0.3) is 0 Å². The molecule has 1 aromatic rings. The van der Waals surface area contributed by atoms with Gasteiger partial charge >= 0.3 is 23.9 Å². The van der Waals surface area contributed by atoms with Crippen LogP contribution < -0.4 is 9.64 Å². The molecule has 47 heavy (non-hydrogen) atoms. The molecule has 0 aliphatic carbocycles. The first-order valence-electron chi connectivity index (χ1n) is 15.1. The molecule has 266 valence electrons. The number of amides is 1. The molecule has 0 spiro atoms. The minimum atomic E-state index is -1.39. The lowest BCUT2D eigenvalue weighted by molar-refractivity contribution is -0.187. The number of aliphatic hydroxyl groups is 1. The molecule has 0 saturated carbocycles. The SMILES string of the molecule is CC(=O)OC(C)C(=O)OC(C)C(=O)N(C[C@@H](COc1nsnc1N1CCOCC1)OC(=O)C(C)OC(=O)C(C)OC(C)O)C(C)(C)C. The van der Waals surface area contributed by atoms with Crippen molar-refractivity contribution in [1.82, 2.24) is 13.6 Å². The van der Waals surface area contributed by atoms with Gasteiger partial charge in [0.25, 0.3) is 11.8 Å². The number of aliphatic hydroxyl groups excluding tert-OH is 1. The number of carbonyl (C=O) groups excluding carboxylic acids is 5. The third-order valence-electron chi connectivity index (χ3n) is 6.58. The summed E-state index contributed by atoms with van der Waals surface area (Å²) in [5, 5.41) is 9.38. The summed E-state index contributed by atoms with van der Waals surface area (Å²) >= 11 is 0.936. The molecule has 0 radical (unpaired) electrons. The summed E-state index contributed by atoms with van der Waals surface area (Å²) in [5.74, 6) is -3.41. The zero-order chi connectivity index (χ0) is 35.5. The molecule has 1 amide bonds. The van der Waals surface area contributed by atoms with Crippen LogP contribution in [0, 0.1) is 0 Å². The van der Waals surface area contributed by atoms with E-state index in [1.807, 2.05) is 4.90 Å². The third-order valence-corrected chi connectivity index (χ3v) is 7.08. The van der Waals surface area contributed by atoms with Gasteiger partial charge in [-0.25, -0.2) is 14.4 Å². The van der Waals surface area contributed by atoms with Crippen LogP contribution in [0.15, 0.2) is 0 Å². The summed E-state index contributed by atoms with van der Waals surface area (Å²) in [6.45, 7) is 14.6. The predicted octanol–water partition coefficient (Wildman–Crippen LogP) is 0.851. The Morgan fingerprint density at radius 3 is 2.00 bits per heavy atom. The molecule has 1 N–H and O–H groups in total. The molecule has 1 fully saturated rings. The Balaban J connectivity index is 2.27. The van der Waals surface area contributed by atoms with Gasteiger partial charge < -0.3 is 48.1 Å². The standard InChI is InChI=1S/C29H46N4O13S/c1-16(44-26(37)17(2)42-20(5)34)25(36)33(29(7,8)9)14-22(46-28(39)19(4)45-27(38)18(3)43-21(6)35)15-41-24-23(30-47-31-24)32-10-12-40-13-11-32/h16-19,21-22,35H,10-15H2,1-9H3/t16?,17?,18?,19?,21?,22-/m0/s1. The average molecular weight is 691 g/mol. The van der Waals surface area contributed by atoms with E-state index in [1.165, 1.54) is 39.5 Å². The lowest BCUT2D eigenvalue weighted by Crippen LogP contribution is -2.54. The highest BCUT2D eigenvalue weighted by molar-refractivity contribution is 6.99. The Morgan fingerprint density at radius 1 is 0.872 bits per heavy atom. The third kappa shape index (κ3) is 12.8. The van der Waals surface area contributed by atoms with Gasteiger partial charge in [0.2, 0.25) is 5.82 Å². The minimum absolute atomic E-state index is 0.192. The van der Waals surface area contributed by atoms with E-state index in [1.54, 1.807) is 20.8 Å². The first-order chi connectivity index (χ1) is 21.9. The second-order valence-corrected chi connectivity index (χ2v) is 12.3. The highest BCUT2D eigenvalue weighted by atomic mass is 32.1. The quantitative estimate of drug-likeness (QED) is 0.145. The number of anilines is 1. The van der Waals surface area contributed by atoms with Crippen LogP contribution in [-0.4, -0.2) is 130 Å². The molecule has 0 aromatic carbocycles. The van der Waals surface area contributed by atoms with Gasteiger partial charge in [-0.15, -0.1) is 4.37 Å². The number of ether oxygens (including phenoxy) is 7. The van der Waals surface area contributed by atoms with Crippen molar-refractivity contribution in [3.05, 3.63) is 0 Å². The van der Waals surface area contributed by atoms with Gasteiger partial charge in [0.05, 0.1) is 31.5 Å². The molecule has 1 aliphatic rings. The number of hydrogen-bond donors (Lipinski definition) is 1. The van der Waals surface area contributed by atoms with E-state index in [2.05, 4.69) is 8.75 Å². The van der Waals surface area contributed by atoms with E-state index in [9.17, 15) is 29.1 Å². The summed E-state index contributed by atoms with van der Waals surface area (Å²) < 4.78 is 45.9. The summed E-state index contributed by atoms with van der Waals surface area (Å²) in [7, 11) is 0. The van der Waals surface area contributed by atoms with E-state index in [0.717, 1.165) is 18.7 Å². The highest BCUT2D eigenvalue weighted by Crippen LogP contribution is 2.27. The monoisotopic (exact) mass is 690 g/mol. The second-order valence-electron chi connectivity index (χ2n) is 11.8. The molecule has 6 atom stereocenters. The van der Waals surface area contributed by atoms with Crippen molar-refractivity contribution in [3.8, 4) is 5.88 Å². The first-order valence-corrected chi connectivity index (χ1v) is 15.8. The van der Waals surface area contributed by atoms with Gasteiger partial charge in [0.15, 0.2) is 36.8 Å². The minimum Gasteiger partial charge on any atom is -0.470 e. The summed E-state index contributed by atoms with van der Waals surface area (Å²) in [5.41, 5.74) is -0.878. The Hall–Kier alpha value is -3.61. The number of rotatable bonds is 16. The van der Waals surface area contributed by atoms with E-state index in [-0.39, 0.29) is 19.0 Å². The summed E-state index contributed by atoms with van der Waals surface area (Å²) in [4.78, 5) is 66.2. The fourth-order valence-electron chi connectivity index (χ4n) is 4.20. The summed E-state index contributed by atoms with van der Waals surface area (Å²) in [6, 6.07) is 0. The van der Waals surface area contributed by atoms with Crippen LogP contribution in [0.3, 0.4) is 0 Å². The highest BCUT2D eigenvalue weighted by Gasteiger charge is 2.37. The van der Waals surface area contributed by atoms with Gasteiger partial charge in [-0.2, -0.15) is 4.37 Å². The van der Waals surface area contributed by atoms with Gasteiger partial charge in [0.1, 0.15) is 6.61 Å². The molecular formula is C29H46N4O13S. The number of morpholine rings is 1. The van der Waals surface area contributed by atoms with Crippen molar-refractivity contribution in [2.45, 2.75) is 105 Å². The average Bonchev–Trinajstić information content (AvgIpc) is 3.45. The molecule has 18 heteroatoms. The summed E-state index contributed by atoms with van der Waals surface area (Å²) in [6.07, 6.45) is -7.48. The van der Waals surface area contributed by atoms with Crippen molar-refractivity contribution in [2.75, 3.05) is 44.4 Å². The number of carbonyl (C=O) groups is 5. The van der Waals surface area contributed by atoms with E-state index in [0.29, 0.717) is 32.1 Å². The van der Waals surface area contributed by atoms with E-state index >= 15 is 0 Å². The van der Waals surface area contributed by atoms with Crippen LogP contribution in [0.2, 0.25) is 0 Å². The zero-order valence-electron chi connectivity index (χ0n) is 28.3. The number of aromatic nitrogens is 2. The fraction of sp³-hybridized carbons (Fsp3) is 0.759. The first kappa shape index (κ1) is 39.6. The lowest BCUT2D eigenvalue weighted by Gasteiger charge is -2.39. The number of esters is 4. The molecule has 2 rings (SSSR count). The molecular weight excluding hydrogens is 644 g/mol. The van der Waals surface area contributed by atoms with Crippen LogP contribution in [0.5, 0.6) is 5.88 Å². The topological polar surface area (TPSA) is 202 Å². The van der Waals surface area contributed by atoms with Crippen molar-refractivity contribution >= 4 is 47.3 Å². The molecule has 2 heterocycles. The normalized spacial score (nSPS) is 17.3. The van der Waals surface area contributed by atoms with Gasteiger partial charge in [-0.05, 0) is 55.4 Å². The van der Waals surface area contributed by atoms with Crippen LogP contribution >= 0.6 is 11.7 Å². The van der Waals surface area contributed by atoms with Crippen molar-refractivity contribution in [3.63, 3.8) is 0 Å². The Labute approximate surface area is 278 Å². The Kier molecular flexibility index (Phi) is 15.2. The molecule has 1 aliphatic heterocycles. The van der Waals surface area contributed by atoms with E-state index < -0.39 is 72.1 Å². The van der Waals surface area contributed by atoms with Crippen molar-refractivity contribution < 1.29 is 62.2 Å². The van der Waals surface area contributed by atoms with Gasteiger partial charge in [-0.3, -0.25) is 9.59 Å². The van der Waals surface area contributed by atoms with Crippen LogP contribution in [0.4, 0.5) is 5.82 Å². The molecule has 1 aromatic heterocycles. The smallest absolute Gasteiger partial charge is 0.347 e. The second kappa shape index (κ2) is 18.1. The maximum absolute atomic E-state index is 13.6. The lowest BCUT2D eigenvalue weighted by atomic mass is 10.0. The molecule has 0 bridgehead atoms. The van der Waals surface area contributed by atoms with Gasteiger partial charge in [0, 0.05) is 25.6 Å². The Morgan fingerprint density at radius 2 is 1.43 bits per heavy atom. The van der Waals surface area contributed by atoms with Crippen molar-refractivity contribution in [2.24, 2.45) is 0 Å². The molecule has 1 saturated heterocycles. The molecule has 5 unspecified atom stereocenters. The maximum Gasteiger partial charge on any atom is 0.347 e. The van der Waals surface area contributed by atoms with E-state index in [4.69, 9.17) is 33.2 Å². The van der Waals surface area contributed by atoms with Crippen molar-refractivity contribution in [1.29, 1.82) is 0 Å². The van der Waals surface area contributed by atoms with Gasteiger partial charge in [-0.1, -0.05) is 0 Å². The van der Waals surface area contributed by atoms with Crippen LogP contribution in [-0.2, 0) is 52.4 Å². The maximum atomic E-state index is 13.6. The Bertz CT molecular complexity index is 1210. The fourth-order valence-corrected chi connectivity index (χ4v) is 4.72. The number of nitrogens with zero attached hydrogens (tertiary/aromatic N) is 4. The molecule has 17 nitrogen and oxygen atoms in total. The zero-order valence-corrected chi connectivity index (χ0v) is 29.1.